The number of carbonyl (C=O) groups excluding carboxylic acids is 1. The van der Waals surface area contributed by atoms with Gasteiger partial charge in [-0.3, -0.25) is 18.7 Å². The van der Waals surface area contributed by atoms with Crippen molar-refractivity contribution in [2.45, 2.75) is 6.42 Å². The lowest BCUT2D eigenvalue weighted by Gasteiger charge is -2.05. The van der Waals surface area contributed by atoms with E-state index in [0.717, 1.165) is 4.57 Å². The predicted molar refractivity (Wildman–Crippen MR) is 96.0 cm³/mol. The highest BCUT2D eigenvalue weighted by molar-refractivity contribution is 8.14. The summed E-state index contributed by atoms with van der Waals surface area (Å²) in [7, 11) is 3.02. The lowest BCUT2D eigenvalue weighted by Crippen LogP contribution is -2.38. The summed E-state index contributed by atoms with van der Waals surface area (Å²) in [5, 5.41) is 1.23. The van der Waals surface area contributed by atoms with Gasteiger partial charge in [-0.05, 0) is 24.3 Å². The molecule has 0 atom stereocenters. The first-order valence-electron chi connectivity index (χ1n) is 7.16. The number of aromatic nitrogens is 2. The van der Waals surface area contributed by atoms with E-state index in [0.29, 0.717) is 33.4 Å². The van der Waals surface area contributed by atoms with Gasteiger partial charge in [0.1, 0.15) is 5.82 Å². The molecule has 1 aliphatic rings. The Hall–Kier alpha value is -2.12. The lowest BCUT2D eigenvalue weighted by atomic mass is 10.1. The summed E-state index contributed by atoms with van der Waals surface area (Å²) in [6.07, 6.45) is 0.342. The molecule has 124 valence electrons. The number of carbonyl (C=O) groups is 1. The molecule has 2 aromatic rings. The van der Waals surface area contributed by atoms with Gasteiger partial charge in [0.15, 0.2) is 5.78 Å². The van der Waals surface area contributed by atoms with Gasteiger partial charge in [0.2, 0.25) is 0 Å². The average Bonchev–Trinajstić information content (AvgIpc) is 3.01. The lowest BCUT2D eigenvalue weighted by molar-refractivity contribution is 0.102. The molecule has 0 spiro atoms. The second kappa shape index (κ2) is 6.41. The number of thioether (sulfide) groups is 1. The van der Waals surface area contributed by atoms with E-state index >= 15 is 0 Å². The molecule has 0 N–H and O–H groups in total. The highest BCUT2D eigenvalue weighted by Gasteiger charge is 2.23. The summed E-state index contributed by atoms with van der Waals surface area (Å²) < 4.78 is 2.42. The Morgan fingerprint density at radius 3 is 2.54 bits per heavy atom. The Morgan fingerprint density at radius 2 is 1.88 bits per heavy atom. The molecule has 0 fully saturated rings. The Balaban J connectivity index is 1.76. The highest BCUT2D eigenvalue weighted by Crippen LogP contribution is 2.26. The van der Waals surface area contributed by atoms with Gasteiger partial charge in [0, 0.05) is 31.1 Å². The van der Waals surface area contributed by atoms with Gasteiger partial charge in [0.25, 0.3) is 5.56 Å². The Kier molecular flexibility index (Phi) is 4.47. The average molecular weight is 364 g/mol. The Labute approximate surface area is 146 Å². The zero-order chi connectivity index (χ0) is 17.4. The first-order valence-corrected chi connectivity index (χ1v) is 8.53. The Bertz CT molecular complexity index is 974. The van der Waals surface area contributed by atoms with Crippen LogP contribution in [0.4, 0.5) is 5.82 Å². The monoisotopic (exact) mass is 363 g/mol. The number of benzene rings is 1. The Morgan fingerprint density at radius 1 is 1.21 bits per heavy atom. The molecule has 2 heterocycles. The second-order valence-corrected chi connectivity index (χ2v) is 6.89. The molecule has 1 aromatic carbocycles. The van der Waals surface area contributed by atoms with Crippen LogP contribution in [0.1, 0.15) is 15.9 Å². The van der Waals surface area contributed by atoms with Gasteiger partial charge in [-0.25, -0.2) is 9.79 Å². The fourth-order valence-corrected chi connectivity index (χ4v) is 3.45. The van der Waals surface area contributed by atoms with E-state index in [1.54, 1.807) is 31.3 Å². The normalized spacial score (nSPS) is 12.9. The molecule has 0 bridgehead atoms. The number of ketones is 1. The summed E-state index contributed by atoms with van der Waals surface area (Å²) >= 11 is 7.09. The van der Waals surface area contributed by atoms with Crippen LogP contribution in [-0.2, 0) is 20.5 Å². The SMILES string of the molecule is Cn1c2c(c(=O)n(C)c1=O)CC(SCC(=O)c1ccc(Cl)cc1)=N2. The largest absolute Gasteiger partial charge is 0.332 e. The van der Waals surface area contributed by atoms with E-state index < -0.39 is 5.69 Å². The minimum Gasteiger partial charge on any atom is -0.293 e. The third-order valence-electron chi connectivity index (χ3n) is 3.82. The van der Waals surface area contributed by atoms with E-state index in [1.165, 1.54) is 23.4 Å². The molecule has 0 amide bonds. The molecule has 8 heteroatoms. The van der Waals surface area contributed by atoms with Gasteiger partial charge in [-0.15, -0.1) is 11.8 Å². The van der Waals surface area contributed by atoms with Crippen molar-refractivity contribution >= 4 is 40.0 Å². The molecule has 1 aromatic heterocycles. The minimum atomic E-state index is -0.411. The standard InChI is InChI=1S/C16H14ClN3O3S/c1-19-14-11(15(22)20(2)16(19)23)7-13(18-14)24-8-12(21)9-3-5-10(17)6-4-9/h3-6H,7-8H2,1-2H3. The van der Waals surface area contributed by atoms with Crippen molar-refractivity contribution in [3.63, 3.8) is 0 Å². The molecular formula is C16H14ClN3O3S. The van der Waals surface area contributed by atoms with Crippen LogP contribution in [0.25, 0.3) is 0 Å². The number of halogens is 1. The maximum absolute atomic E-state index is 12.2. The summed E-state index contributed by atoms with van der Waals surface area (Å²) in [5.74, 6) is 0.546. The van der Waals surface area contributed by atoms with Crippen molar-refractivity contribution < 1.29 is 4.79 Å². The zero-order valence-electron chi connectivity index (χ0n) is 13.1. The number of fused-ring (bicyclic) bond motifs is 1. The van der Waals surface area contributed by atoms with E-state index in [-0.39, 0.29) is 17.1 Å². The summed E-state index contributed by atoms with van der Waals surface area (Å²) in [4.78, 5) is 40.6. The first-order chi connectivity index (χ1) is 11.4. The van der Waals surface area contributed by atoms with Gasteiger partial charge in [0.05, 0.1) is 16.4 Å². The molecule has 0 unspecified atom stereocenters. The van der Waals surface area contributed by atoms with Crippen molar-refractivity contribution in [3.8, 4) is 0 Å². The fourth-order valence-electron chi connectivity index (χ4n) is 2.46. The van der Waals surface area contributed by atoms with Crippen LogP contribution in [0.15, 0.2) is 38.8 Å². The second-order valence-electron chi connectivity index (χ2n) is 5.41. The van der Waals surface area contributed by atoms with E-state index in [1.807, 2.05) is 0 Å². The third kappa shape index (κ3) is 2.97. The predicted octanol–water partition coefficient (Wildman–Crippen LogP) is 1.94. The maximum atomic E-state index is 12.2. The number of nitrogens with zero attached hydrogens (tertiary/aromatic N) is 3. The number of hydrogen-bond acceptors (Lipinski definition) is 5. The molecule has 0 saturated carbocycles. The van der Waals surface area contributed by atoms with Crippen LogP contribution in [0, 0.1) is 0 Å². The quantitative estimate of drug-likeness (QED) is 0.781. The van der Waals surface area contributed by atoms with E-state index in [2.05, 4.69) is 4.99 Å². The molecular weight excluding hydrogens is 350 g/mol. The van der Waals surface area contributed by atoms with Crippen molar-refractivity contribution in [2.75, 3.05) is 5.75 Å². The fraction of sp³-hybridized carbons (Fsp3) is 0.250. The van der Waals surface area contributed by atoms with Gasteiger partial charge < -0.3 is 0 Å². The number of Topliss-reactive ketones (excluding diaryl/α,β-unsaturated/α-hetero) is 1. The number of hydrogen-bond donors (Lipinski definition) is 0. The van der Waals surface area contributed by atoms with Crippen molar-refractivity contribution in [1.29, 1.82) is 0 Å². The van der Waals surface area contributed by atoms with Crippen LogP contribution in [0.2, 0.25) is 5.02 Å². The maximum Gasteiger partial charge on any atom is 0.332 e. The van der Waals surface area contributed by atoms with Crippen LogP contribution in [0.3, 0.4) is 0 Å². The molecule has 6 nitrogen and oxygen atoms in total. The summed E-state index contributed by atoms with van der Waals surface area (Å²) in [6.45, 7) is 0. The minimum absolute atomic E-state index is 0.0443. The van der Waals surface area contributed by atoms with E-state index in [4.69, 9.17) is 11.6 Å². The number of aliphatic imine (C=N–C) groups is 1. The highest BCUT2D eigenvalue weighted by atomic mass is 35.5. The molecule has 3 rings (SSSR count). The van der Waals surface area contributed by atoms with Crippen LogP contribution in [0.5, 0.6) is 0 Å². The molecule has 0 saturated heterocycles. The van der Waals surface area contributed by atoms with Crippen molar-refractivity contribution in [1.82, 2.24) is 9.13 Å². The topological polar surface area (TPSA) is 73.4 Å². The zero-order valence-corrected chi connectivity index (χ0v) is 14.6. The summed E-state index contributed by atoms with van der Waals surface area (Å²) in [5.41, 5.74) is 0.315. The van der Waals surface area contributed by atoms with E-state index in [9.17, 15) is 14.4 Å². The molecule has 24 heavy (non-hydrogen) atoms. The van der Waals surface area contributed by atoms with Crippen molar-refractivity contribution in [2.24, 2.45) is 19.1 Å². The van der Waals surface area contributed by atoms with Gasteiger partial charge >= 0.3 is 5.69 Å². The van der Waals surface area contributed by atoms with Crippen molar-refractivity contribution in [3.05, 3.63) is 61.3 Å². The van der Waals surface area contributed by atoms with Crippen LogP contribution < -0.4 is 11.2 Å². The molecule has 1 aliphatic heterocycles. The van der Waals surface area contributed by atoms with Crippen LogP contribution in [-0.4, -0.2) is 25.7 Å². The number of rotatable bonds is 3. The summed E-state index contributed by atoms with van der Waals surface area (Å²) in [6, 6.07) is 6.69. The first kappa shape index (κ1) is 16.7. The van der Waals surface area contributed by atoms with Crippen LogP contribution >= 0.6 is 23.4 Å². The molecule has 0 radical (unpaired) electrons. The van der Waals surface area contributed by atoms with Gasteiger partial charge in [-0.1, -0.05) is 11.6 Å². The van der Waals surface area contributed by atoms with Gasteiger partial charge in [-0.2, -0.15) is 0 Å². The molecule has 0 aliphatic carbocycles. The third-order valence-corrected chi connectivity index (χ3v) is 5.05. The smallest absolute Gasteiger partial charge is 0.293 e.